The van der Waals surface area contributed by atoms with Crippen LogP contribution >= 0.6 is 0 Å². The lowest BCUT2D eigenvalue weighted by Gasteiger charge is -2.30. The molecule has 0 spiro atoms. The molecule has 2 amide bonds. The number of amides is 2. The SMILES string of the molecule is CC1CCC(C(=O)NCC2CCC(CNC(=O)C[C@H]3CCOC3)CC2)CC1. The van der Waals surface area contributed by atoms with Gasteiger partial charge in [-0.25, -0.2) is 0 Å². The highest BCUT2D eigenvalue weighted by Gasteiger charge is 2.26. The van der Waals surface area contributed by atoms with E-state index in [0.29, 0.717) is 24.2 Å². The third-order valence-electron chi connectivity index (χ3n) is 7.00. The van der Waals surface area contributed by atoms with Crippen LogP contribution in [0.15, 0.2) is 0 Å². The van der Waals surface area contributed by atoms with Crippen molar-refractivity contribution >= 4 is 11.8 Å². The molecule has 2 aliphatic carbocycles. The van der Waals surface area contributed by atoms with Crippen LogP contribution in [-0.2, 0) is 14.3 Å². The van der Waals surface area contributed by atoms with Gasteiger partial charge in [-0.1, -0.05) is 6.92 Å². The van der Waals surface area contributed by atoms with Crippen molar-refractivity contribution in [3.8, 4) is 0 Å². The van der Waals surface area contributed by atoms with Crippen LogP contribution in [0.3, 0.4) is 0 Å². The fraction of sp³-hybridized carbons (Fsp3) is 0.909. The van der Waals surface area contributed by atoms with Crippen LogP contribution < -0.4 is 10.6 Å². The number of ether oxygens (including phenoxy) is 1. The van der Waals surface area contributed by atoms with E-state index in [1.807, 2.05) is 0 Å². The molecule has 5 nitrogen and oxygen atoms in total. The Balaban J connectivity index is 1.25. The van der Waals surface area contributed by atoms with Gasteiger partial charge in [0.15, 0.2) is 0 Å². The molecule has 3 aliphatic rings. The van der Waals surface area contributed by atoms with Crippen molar-refractivity contribution in [3.05, 3.63) is 0 Å². The summed E-state index contributed by atoms with van der Waals surface area (Å²) in [7, 11) is 0. The molecule has 1 heterocycles. The van der Waals surface area contributed by atoms with Gasteiger partial charge in [-0.15, -0.1) is 0 Å². The van der Waals surface area contributed by atoms with Gasteiger partial charge in [-0.3, -0.25) is 9.59 Å². The van der Waals surface area contributed by atoms with E-state index in [9.17, 15) is 9.59 Å². The molecule has 0 aromatic heterocycles. The summed E-state index contributed by atoms with van der Waals surface area (Å²) < 4.78 is 5.34. The Labute approximate surface area is 164 Å². The number of hydrogen-bond donors (Lipinski definition) is 2. The van der Waals surface area contributed by atoms with Gasteiger partial charge < -0.3 is 15.4 Å². The summed E-state index contributed by atoms with van der Waals surface area (Å²) in [6.07, 6.45) is 10.8. The topological polar surface area (TPSA) is 67.4 Å². The van der Waals surface area contributed by atoms with E-state index in [2.05, 4.69) is 17.6 Å². The molecule has 0 unspecified atom stereocenters. The molecule has 0 aromatic rings. The van der Waals surface area contributed by atoms with Crippen molar-refractivity contribution in [2.45, 2.75) is 71.1 Å². The van der Waals surface area contributed by atoms with E-state index in [4.69, 9.17) is 4.74 Å². The molecule has 1 saturated heterocycles. The second kappa shape index (κ2) is 10.4. The number of rotatable bonds is 7. The lowest BCUT2D eigenvalue weighted by atomic mass is 9.81. The quantitative estimate of drug-likeness (QED) is 0.714. The predicted octanol–water partition coefficient (Wildman–Crippen LogP) is 3.28. The molecule has 0 aromatic carbocycles. The predicted molar refractivity (Wildman–Crippen MR) is 106 cm³/mol. The average molecular weight is 379 g/mol. The summed E-state index contributed by atoms with van der Waals surface area (Å²) in [6, 6.07) is 0. The van der Waals surface area contributed by atoms with Crippen LogP contribution in [0.25, 0.3) is 0 Å². The van der Waals surface area contributed by atoms with Crippen LogP contribution in [0.2, 0.25) is 0 Å². The van der Waals surface area contributed by atoms with Crippen LogP contribution in [0.5, 0.6) is 0 Å². The van der Waals surface area contributed by atoms with Crippen molar-refractivity contribution in [1.29, 1.82) is 0 Å². The highest BCUT2D eigenvalue weighted by Crippen LogP contribution is 2.30. The van der Waals surface area contributed by atoms with Crippen molar-refractivity contribution < 1.29 is 14.3 Å². The average Bonchev–Trinajstić information content (AvgIpc) is 3.19. The first-order chi connectivity index (χ1) is 13.1. The second-order valence-corrected chi connectivity index (χ2v) is 9.33. The largest absolute Gasteiger partial charge is 0.381 e. The minimum atomic E-state index is 0.182. The molecule has 2 N–H and O–H groups in total. The van der Waals surface area contributed by atoms with Crippen molar-refractivity contribution in [3.63, 3.8) is 0 Å². The van der Waals surface area contributed by atoms with E-state index in [1.165, 1.54) is 25.7 Å². The summed E-state index contributed by atoms with van der Waals surface area (Å²) in [4.78, 5) is 24.4. The molecule has 154 valence electrons. The van der Waals surface area contributed by atoms with Crippen molar-refractivity contribution in [1.82, 2.24) is 10.6 Å². The van der Waals surface area contributed by atoms with Crippen molar-refractivity contribution in [2.24, 2.45) is 29.6 Å². The number of carbonyl (C=O) groups excluding carboxylic acids is 2. The van der Waals surface area contributed by atoms with Crippen LogP contribution in [-0.4, -0.2) is 38.1 Å². The normalized spacial score (nSPS) is 34.2. The maximum atomic E-state index is 12.4. The zero-order valence-corrected chi connectivity index (χ0v) is 17.0. The Bertz CT molecular complexity index is 474. The van der Waals surface area contributed by atoms with Gasteiger partial charge in [0.25, 0.3) is 0 Å². The molecule has 1 aliphatic heterocycles. The molecular formula is C22H38N2O3. The van der Waals surface area contributed by atoms with Gasteiger partial charge in [0.1, 0.15) is 0 Å². The first-order valence-electron chi connectivity index (χ1n) is 11.2. The van der Waals surface area contributed by atoms with Gasteiger partial charge in [0.2, 0.25) is 11.8 Å². The summed E-state index contributed by atoms with van der Waals surface area (Å²) in [5.41, 5.74) is 0. The zero-order chi connectivity index (χ0) is 19.1. The Morgan fingerprint density at radius 2 is 1.44 bits per heavy atom. The maximum absolute atomic E-state index is 12.4. The Morgan fingerprint density at radius 3 is 2.04 bits per heavy atom. The summed E-state index contributed by atoms with van der Waals surface area (Å²) >= 11 is 0. The first kappa shape index (κ1) is 20.6. The van der Waals surface area contributed by atoms with Gasteiger partial charge in [-0.05, 0) is 81.5 Å². The van der Waals surface area contributed by atoms with E-state index in [0.717, 1.165) is 64.3 Å². The van der Waals surface area contributed by atoms with Gasteiger partial charge in [-0.2, -0.15) is 0 Å². The Morgan fingerprint density at radius 1 is 0.815 bits per heavy atom. The molecule has 3 fully saturated rings. The summed E-state index contributed by atoms with van der Waals surface area (Å²) in [5.74, 6) is 3.12. The molecule has 2 saturated carbocycles. The summed E-state index contributed by atoms with van der Waals surface area (Å²) in [5, 5.41) is 6.35. The van der Waals surface area contributed by atoms with E-state index < -0.39 is 0 Å². The first-order valence-corrected chi connectivity index (χ1v) is 11.2. The van der Waals surface area contributed by atoms with Crippen LogP contribution in [0.4, 0.5) is 0 Å². The third-order valence-corrected chi connectivity index (χ3v) is 7.00. The number of carbonyl (C=O) groups is 2. The second-order valence-electron chi connectivity index (χ2n) is 9.33. The van der Waals surface area contributed by atoms with Gasteiger partial charge in [0, 0.05) is 38.6 Å². The number of hydrogen-bond acceptors (Lipinski definition) is 3. The highest BCUT2D eigenvalue weighted by molar-refractivity contribution is 5.78. The van der Waals surface area contributed by atoms with Crippen molar-refractivity contribution in [2.75, 3.05) is 26.3 Å². The Kier molecular flexibility index (Phi) is 7.98. The fourth-order valence-electron chi connectivity index (χ4n) is 4.89. The lowest BCUT2D eigenvalue weighted by molar-refractivity contribution is -0.126. The number of nitrogens with one attached hydrogen (secondary N) is 2. The minimum absolute atomic E-state index is 0.182. The van der Waals surface area contributed by atoms with E-state index in [1.54, 1.807) is 0 Å². The summed E-state index contributed by atoms with van der Waals surface area (Å²) in [6.45, 7) is 5.48. The monoisotopic (exact) mass is 378 g/mol. The fourth-order valence-corrected chi connectivity index (χ4v) is 4.89. The molecule has 3 rings (SSSR count). The minimum Gasteiger partial charge on any atom is -0.381 e. The van der Waals surface area contributed by atoms with Gasteiger partial charge >= 0.3 is 0 Å². The third kappa shape index (κ3) is 6.78. The molecule has 0 radical (unpaired) electrons. The van der Waals surface area contributed by atoms with Gasteiger partial charge in [0.05, 0.1) is 0 Å². The van der Waals surface area contributed by atoms with E-state index >= 15 is 0 Å². The molecule has 1 atom stereocenters. The Hall–Kier alpha value is -1.10. The van der Waals surface area contributed by atoms with Crippen LogP contribution in [0, 0.1) is 29.6 Å². The van der Waals surface area contributed by atoms with Crippen LogP contribution in [0.1, 0.15) is 71.1 Å². The molecule has 5 heteroatoms. The molecular weight excluding hydrogens is 340 g/mol. The highest BCUT2D eigenvalue weighted by atomic mass is 16.5. The van der Waals surface area contributed by atoms with E-state index in [-0.39, 0.29) is 17.7 Å². The molecule has 0 bridgehead atoms. The maximum Gasteiger partial charge on any atom is 0.223 e. The molecule has 27 heavy (non-hydrogen) atoms. The zero-order valence-electron chi connectivity index (χ0n) is 17.0. The lowest BCUT2D eigenvalue weighted by Crippen LogP contribution is -2.38. The smallest absolute Gasteiger partial charge is 0.223 e. The standard InChI is InChI=1S/C22H38N2O3/c1-16-2-8-20(9-3-16)22(26)24-14-18-6-4-17(5-7-18)13-23-21(25)12-19-10-11-27-15-19/h16-20H,2-15H2,1H3,(H,23,25)(H,24,26)/t16?,17?,18?,19-,20?/m1/s1.